The van der Waals surface area contributed by atoms with E-state index in [0.717, 1.165) is 0 Å². The summed E-state index contributed by atoms with van der Waals surface area (Å²) in [4.78, 5) is 37.0. The number of nitrogens with one attached hydrogen (secondary N) is 3. The molecule has 8 N–H and O–H groups in total. The van der Waals surface area contributed by atoms with E-state index in [0.29, 0.717) is 75.4 Å². The van der Waals surface area contributed by atoms with Gasteiger partial charge in [0.25, 0.3) is 0 Å². The Bertz CT molecular complexity index is 1710. The summed E-state index contributed by atoms with van der Waals surface area (Å²) in [7, 11) is 0. The molecule has 0 unspecified atom stereocenters. The van der Waals surface area contributed by atoms with Crippen molar-refractivity contribution in [3.8, 4) is 11.3 Å². The molecule has 2 aromatic heterocycles. The van der Waals surface area contributed by atoms with Crippen molar-refractivity contribution in [2.24, 2.45) is 16.5 Å². The molecular formula is C31H34Cl2N8O5. The number of nitrogens with two attached hydrogens (primary N) is 2. The number of nitrogens with zero attached hydrogens (tertiary/aromatic N) is 3. The predicted molar refractivity (Wildman–Crippen MR) is 179 cm³/mol. The summed E-state index contributed by atoms with van der Waals surface area (Å²) in [5, 5.41) is 20.3. The number of benzene rings is 2. The van der Waals surface area contributed by atoms with Crippen LogP contribution in [0.1, 0.15) is 41.2 Å². The van der Waals surface area contributed by atoms with Crippen molar-refractivity contribution in [3.63, 3.8) is 0 Å². The number of hydrogen-bond donors (Lipinski definition) is 6. The lowest BCUT2D eigenvalue weighted by molar-refractivity contribution is -0.143. The molecule has 0 aliphatic heterocycles. The molecule has 0 amide bonds. The molecule has 2 aromatic carbocycles. The van der Waals surface area contributed by atoms with Crippen LogP contribution in [-0.2, 0) is 16.1 Å². The minimum atomic E-state index is -1.09. The number of guanidine groups is 1. The smallest absolute Gasteiger partial charge is 0.337 e. The highest BCUT2D eigenvalue weighted by Crippen LogP contribution is 2.34. The second-order valence-corrected chi connectivity index (χ2v) is 10.8. The molecule has 0 bridgehead atoms. The van der Waals surface area contributed by atoms with E-state index in [1.807, 2.05) is 0 Å². The predicted octanol–water partition coefficient (Wildman–Crippen LogP) is 5.80. The fraction of sp³-hybridized carbons (Fsp3) is 0.258. The van der Waals surface area contributed by atoms with E-state index in [2.05, 4.69) is 30.9 Å². The first-order chi connectivity index (χ1) is 22.1. The number of aliphatic imine (C=N–C) groups is 1. The number of carboxylic acid groups (broad SMARTS) is 1. The van der Waals surface area contributed by atoms with E-state index in [1.165, 1.54) is 6.07 Å². The van der Waals surface area contributed by atoms with Gasteiger partial charge >= 0.3 is 11.9 Å². The molecule has 0 saturated carbocycles. The van der Waals surface area contributed by atoms with Crippen molar-refractivity contribution < 1.29 is 23.8 Å². The first kappa shape index (κ1) is 33.9. The average molecular weight is 670 g/mol. The normalized spacial score (nSPS) is 10.7. The minimum Gasteiger partial charge on any atom is -0.478 e. The van der Waals surface area contributed by atoms with Gasteiger partial charge in [0.2, 0.25) is 0 Å². The van der Waals surface area contributed by atoms with Crippen LogP contribution in [0.15, 0.2) is 64.0 Å². The summed E-state index contributed by atoms with van der Waals surface area (Å²) in [5.41, 5.74) is 12.1. The van der Waals surface area contributed by atoms with Crippen LogP contribution in [-0.4, -0.2) is 52.7 Å². The number of carbonyl (C=O) groups excluding carboxylic acids is 1. The molecule has 242 valence electrons. The number of aromatic nitrogens is 2. The second kappa shape index (κ2) is 16.3. The van der Waals surface area contributed by atoms with E-state index in [4.69, 9.17) is 43.8 Å². The highest BCUT2D eigenvalue weighted by molar-refractivity contribution is 6.35. The number of furan rings is 1. The zero-order valence-electron chi connectivity index (χ0n) is 25.0. The standard InChI is InChI=1S/C31H34Cl2N8O5/c1-18-39-28(36-14-15-45-26(42)8-4-5-13-37-31(34)35)27(29(40-18)41-24-7-3-2-6-21(24)30(43)44)38-17-20-10-12-25(46-20)22-16-19(32)9-11-23(22)33/h2-3,6-7,9-12,16,38H,4-5,8,13-15,17H2,1H3,(H,43,44)(H4,34,35,37)(H2,36,39,40,41). The highest BCUT2D eigenvalue weighted by Gasteiger charge is 2.18. The maximum atomic E-state index is 12.2. The third kappa shape index (κ3) is 9.74. The molecule has 0 saturated heterocycles. The Labute approximate surface area is 275 Å². The number of anilines is 4. The molecule has 0 radical (unpaired) electrons. The lowest BCUT2D eigenvalue weighted by Crippen LogP contribution is -2.23. The third-order valence-corrected chi connectivity index (χ3v) is 7.03. The minimum absolute atomic E-state index is 0.0169. The molecule has 0 aliphatic rings. The molecule has 0 aliphatic carbocycles. The van der Waals surface area contributed by atoms with Crippen molar-refractivity contribution in [2.75, 3.05) is 35.6 Å². The van der Waals surface area contributed by atoms with Gasteiger partial charge < -0.3 is 41.7 Å². The molecule has 4 aromatic rings. The van der Waals surface area contributed by atoms with Crippen LogP contribution < -0.4 is 27.4 Å². The Morgan fingerprint density at radius 2 is 1.80 bits per heavy atom. The number of carboxylic acids is 1. The number of hydrogen-bond acceptors (Lipinski definition) is 10. The van der Waals surface area contributed by atoms with Gasteiger partial charge in [-0.1, -0.05) is 35.3 Å². The zero-order valence-corrected chi connectivity index (χ0v) is 26.5. The largest absolute Gasteiger partial charge is 0.478 e. The first-order valence-electron chi connectivity index (χ1n) is 14.3. The molecule has 4 rings (SSSR count). The van der Waals surface area contributed by atoms with E-state index in [9.17, 15) is 14.7 Å². The molecular weight excluding hydrogens is 635 g/mol. The van der Waals surface area contributed by atoms with Crippen molar-refractivity contribution >= 4 is 64.1 Å². The van der Waals surface area contributed by atoms with Crippen LogP contribution in [0, 0.1) is 6.92 Å². The maximum absolute atomic E-state index is 12.2. The molecule has 0 spiro atoms. The van der Waals surface area contributed by atoms with Gasteiger partial charge in [0.15, 0.2) is 17.6 Å². The number of ether oxygens (including phenoxy) is 1. The fourth-order valence-corrected chi connectivity index (χ4v) is 4.72. The Morgan fingerprint density at radius 3 is 2.59 bits per heavy atom. The van der Waals surface area contributed by atoms with Gasteiger partial charge in [-0.3, -0.25) is 9.79 Å². The number of aryl methyl sites for hydroxylation is 1. The number of para-hydroxylation sites is 1. The summed E-state index contributed by atoms with van der Waals surface area (Å²) in [6.07, 6.45) is 1.49. The van der Waals surface area contributed by atoms with Crippen molar-refractivity contribution in [1.82, 2.24) is 9.97 Å². The first-order valence-corrected chi connectivity index (χ1v) is 15.1. The molecule has 13 nitrogen and oxygen atoms in total. The molecule has 0 fully saturated rings. The Kier molecular flexibility index (Phi) is 12.0. The van der Waals surface area contributed by atoms with E-state index in [-0.39, 0.29) is 43.6 Å². The maximum Gasteiger partial charge on any atom is 0.337 e. The number of carbonyl (C=O) groups is 2. The van der Waals surface area contributed by atoms with E-state index in [1.54, 1.807) is 55.5 Å². The number of esters is 1. The fourth-order valence-electron chi connectivity index (χ4n) is 4.34. The number of unbranched alkanes of at least 4 members (excludes halogenated alkanes) is 1. The molecule has 0 atom stereocenters. The second-order valence-electron chi connectivity index (χ2n) is 9.97. The number of rotatable bonds is 16. The quantitative estimate of drug-likeness (QED) is 0.0362. The van der Waals surface area contributed by atoms with Gasteiger partial charge in [-0.05, 0) is 62.2 Å². The summed E-state index contributed by atoms with van der Waals surface area (Å²) in [5.74, 6) is 0.831. The summed E-state index contributed by atoms with van der Waals surface area (Å²) >= 11 is 12.5. The third-order valence-electron chi connectivity index (χ3n) is 6.47. The Hall–Kier alpha value is -5.01. The van der Waals surface area contributed by atoms with E-state index < -0.39 is 5.97 Å². The number of halogens is 2. The lowest BCUT2D eigenvalue weighted by atomic mass is 10.2. The van der Waals surface area contributed by atoms with Gasteiger partial charge in [0, 0.05) is 23.6 Å². The Morgan fingerprint density at radius 1 is 1.02 bits per heavy atom. The van der Waals surface area contributed by atoms with Crippen molar-refractivity contribution in [2.45, 2.75) is 32.7 Å². The molecule has 46 heavy (non-hydrogen) atoms. The highest BCUT2D eigenvalue weighted by atomic mass is 35.5. The topological polar surface area (TPSA) is 203 Å². The van der Waals surface area contributed by atoms with Crippen LogP contribution >= 0.6 is 23.2 Å². The van der Waals surface area contributed by atoms with Crippen LogP contribution in [0.3, 0.4) is 0 Å². The van der Waals surface area contributed by atoms with Crippen LogP contribution in [0.25, 0.3) is 11.3 Å². The lowest BCUT2D eigenvalue weighted by Gasteiger charge is -2.18. The monoisotopic (exact) mass is 668 g/mol. The summed E-state index contributed by atoms with van der Waals surface area (Å²) in [6.45, 7) is 2.69. The number of aromatic carboxylic acids is 1. The summed E-state index contributed by atoms with van der Waals surface area (Å²) in [6, 6.07) is 15.2. The summed E-state index contributed by atoms with van der Waals surface area (Å²) < 4.78 is 11.4. The van der Waals surface area contributed by atoms with Gasteiger partial charge in [0.1, 0.15) is 29.6 Å². The Balaban J connectivity index is 1.50. The molecule has 15 heteroatoms. The van der Waals surface area contributed by atoms with E-state index >= 15 is 0 Å². The van der Waals surface area contributed by atoms with Crippen LogP contribution in [0.5, 0.6) is 0 Å². The van der Waals surface area contributed by atoms with Crippen molar-refractivity contribution in [3.05, 3.63) is 81.8 Å². The van der Waals surface area contributed by atoms with Gasteiger partial charge in [-0.15, -0.1) is 0 Å². The van der Waals surface area contributed by atoms with Gasteiger partial charge in [-0.25, -0.2) is 14.8 Å². The SMILES string of the molecule is Cc1nc(NCCOC(=O)CCCCN=C(N)N)c(NCc2ccc(-c3cc(Cl)ccc3Cl)o2)c(Nc2ccccc2C(=O)O)n1. The average Bonchev–Trinajstić information content (AvgIpc) is 3.48. The van der Waals surface area contributed by atoms with Crippen molar-refractivity contribution in [1.29, 1.82) is 0 Å². The molecule has 2 heterocycles. The van der Waals surface area contributed by atoms with Crippen LogP contribution in [0.2, 0.25) is 10.0 Å². The van der Waals surface area contributed by atoms with Gasteiger partial charge in [0.05, 0.1) is 29.4 Å². The zero-order chi connectivity index (χ0) is 33.1. The van der Waals surface area contributed by atoms with Gasteiger partial charge in [-0.2, -0.15) is 0 Å². The van der Waals surface area contributed by atoms with Crippen LogP contribution in [0.4, 0.5) is 23.0 Å².